The summed E-state index contributed by atoms with van der Waals surface area (Å²) in [4.78, 5) is 3.72. The standard InChI is InChI=1S/C15H21F2N3O3S/c1-18-9-20-10-19-8-15(21,14(5-6-14)24(2,22)23)12-4-3-11(16)7-13(12)17/h3-4,7,9,19,21H,5-6,8,10H2,1-2H3,(H,18,20)/t15-/m0/s1. The maximum absolute atomic E-state index is 14.3. The Labute approximate surface area is 139 Å². The normalized spacial score (nSPS) is 19.2. The number of halogens is 2. The molecule has 0 aromatic heterocycles. The van der Waals surface area contributed by atoms with Gasteiger partial charge in [0.1, 0.15) is 22.0 Å². The summed E-state index contributed by atoms with van der Waals surface area (Å²) < 4.78 is 50.4. The molecule has 1 aromatic rings. The molecule has 0 spiro atoms. The molecular weight excluding hydrogens is 340 g/mol. The number of hydrogen-bond donors (Lipinski definition) is 3. The molecule has 0 amide bonds. The van der Waals surface area contributed by atoms with Gasteiger partial charge in [0, 0.05) is 31.5 Å². The molecule has 0 heterocycles. The van der Waals surface area contributed by atoms with E-state index in [1.165, 1.54) is 6.34 Å². The highest BCUT2D eigenvalue weighted by Gasteiger charge is 2.66. The molecule has 0 saturated heterocycles. The number of rotatable bonds is 8. The Bertz CT molecular complexity index is 735. The van der Waals surface area contributed by atoms with Gasteiger partial charge < -0.3 is 10.4 Å². The molecule has 134 valence electrons. The van der Waals surface area contributed by atoms with Gasteiger partial charge in [0.05, 0.1) is 13.0 Å². The number of nitrogens with one attached hydrogen (secondary N) is 2. The Morgan fingerprint density at radius 3 is 2.58 bits per heavy atom. The predicted molar refractivity (Wildman–Crippen MR) is 87.5 cm³/mol. The van der Waals surface area contributed by atoms with Gasteiger partial charge in [-0.15, -0.1) is 0 Å². The molecule has 6 nitrogen and oxygen atoms in total. The van der Waals surface area contributed by atoms with Gasteiger partial charge in [-0.1, -0.05) is 6.07 Å². The molecule has 3 N–H and O–H groups in total. The van der Waals surface area contributed by atoms with E-state index in [9.17, 15) is 22.3 Å². The molecule has 0 aliphatic heterocycles. The summed E-state index contributed by atoms with van der Waals surface area (Å²) in [6, 6.07) is 2.74. The smallest absolute Gasteiger partial charge is 0.156 e. The molecule has 2 rings (SSSR count). The molecule has 1 saturated carbocycles. The van der Waals surface area contributed by atoms with Crippen molar-refractivity contribution in [2.45, 2.75) is 23.2 Å². The number of nitrogens with zero attached hydrogens (tertiary/aromatic N) is 1. The number of benzene rings is 1. The van der Waals surface area contributed by atoms with Gasteiger partial charge in [-0.05, 0) is 18.9 Å². The second kappa shape index (κ2) is 6.73. The van der Waals surface area contributed by atoms with Crippen LogP contribution in [0.25, 0.3) is 0 Å². The largest absolute Gasteiger partial charge is 0.382 e. The van der Waals surface area contributed by atoms with Crippen molar-refractivity contribution in [1.82, 2.24) is 10.6 Å². The van der Waals surface area contributed by atoms with Crippen LogP contribution in [0, 0.1) is 11.6 Å². The van der Waals surface area contributed by atoms with Crippen LogP contribution in [0.15, 0.2) is 23.2 Å². The summed E-state index contributed by atoms with van der Waals surface area (Å²) in [7, 11) is -2.10. The van der Waals surface area contributed by atoms with Crippen molar-refractivity contribution in [3.8, 4) is 0 Å². The highest BCUT2D eigenvalue weighted by atomic mass is 32.2. The van der Waals surface area contributed by atoms with Crippen LogP contribution in [-0.4, -0.2) is 51.1 Å². The van der Waals surface area contributed by atoms with E-state index in [0.29, 0.717) is 6.07 Å². The fraction of sp³-hybridized carbons (Fsp3) is 0.533. The summed E-state index contributed by atoms with van der Waals surface area (Å²) in [6.45, 7) is -0.0184. The number of hydrogen-bond acceptors (Lipinski definition) is 5. The lowest BCUT2D eigenvalue weighted by molar-refractivity contribution is 0.0203. The summed E-state index contributed by atoms with van der Waals surface area (Å²) in [5.41, 5.74) is -2.24. The minimum atomic E-state index is -3.67. The van der Waals surface area contributed by atoms with Crippen LogP contribution in [0.3, 0.4) is 0 Å². The van der Waals surface area contributed by atoms with Crippen LogP contribution in [-0.2, 0) is 15.4 Å². The molecule has 1 aliphatic rings. The summed E-state index contributed by atoms with van der Waals surface area (Å²) in [5, 5.41) is 16.8. The van der Waals surface area contributed by atoms with Crippen molar-refractivity contribution in [2.75, 3.05) is 26.5 Å². The Morgan fingerprint density at radius 1 is 1.42 bits per heavy atom. The zero-order valence-electron chi connectivity index (χ0n) is 13.5. The molecule has 24 heavy (non-hydrogen) atoms. The lowest BCUT2D eigenvalue weighted by atomic mass is 9.87. The maximum atomic E-state index is 14.3. The van der Waals surface area contributed by atoms with Gasteiger partial charge in [0.25, 0.3) is 0 Å². The van der Waals surface area contributed by atoms with Crippen molar-refractivity contribution in [3.63, 3.8) is 0 Å². The molecule has 9 heteroatoms. The Hall–Kier alpha value is -1.58. The monoisotopic (exact) mass is 361 g/mol. The third-order valence-electron chi connectivity index (χ3n) is 4.37. The van der Waals surface area contributed by atoms with Crippen LogP contribution < -0.4 is 10.6 Å². The number of aliphatic hydroxyl groups is 1. The van der Waals surface area contributed by atoms with Gasteiger partial charge in [-0.25, -0.2) is 17.2 Å². The second-order valence-electron chi connectivity index (χ2n) is 5.95. The minimum absolute atomic E-state index is 0.197. The Balaban J connectivity index is 2.38. The molecule has 1 aliphatic carbocycles. The Morgan fingerprint density at radius 2 is 2.08 bits per heavy atom. The summed E-state index contributed by atoms with van der Waals surface area (Å²) >= 11 is 0. The molecule has 1 aromatic carbocycles. The van der Waals surface area contributed by atoms with Crippen molar-refractivity contribution in [1.29, 1.82) is 0 Å². The maximum Gasteiger partial charge on any atom is 0.156 e. The first-order valence-electron chi connectivity index (χ1n) is 7.40. The number of aliphatic imine (C=N–C) groups is 1. The zero-order valence-corrected chi connectivity index (χ0v) is 14.3. The van der Waals surface area contributed by atoms with Crippen molar-refractivity contribution in [2.24, 2.45) is 4.99 Å². The quantitative estimate of drug-likeness (QED) is 0.272. The summed E-state index contributed by atoms with van der Waals surface area (Å²) in [5.74, 6) is -1.77. The molecule has 1 fully saturated rings. The van der Waals surface area contributed by atoms with Crippen LogP contribution in [0.5, 0.6) is 0 Å². The highest BCUT2D eigenvalue weighted by molar-refractivity contribution is 7.92. The molecular formula is C15H21F2N3O3S. The van der Waals surface area contributed by atoms with E-state index < -0.39 is 31.8 Å². The van der Waals surface area contributed by atoms with Crippen LogP contribution >= 0.6 is 0 Å². The van der Waals surface area contributed by atoms with Crippen molar-refractivity contribution >= 4 is 16.2 Å². The van der Waals surface area contributed by atoms with E-state index in [0.717, 1.165) is 18.4 Å². The molecule has 0 radical (unpaired) electrons. The van der Waals surface area contributed by atoms with Crippen molar-refractivity contribution in [3.05, 3.63) is 35.4 Å². The Kier molecular flexibility index (Phi) is 5.26. The van der Waals surface area contributed by atoms with E-state index in [-0.39, 0.29) is 31.6 Å². The molecule has 0 bridgehead atoms. The third kappa shape index (κ3) is 3.28. The molecule has 1 atom stereocenters. The second-order valence-corrected chi connectivity index (χ2v) is 8.27. The van der Waals surface area contributed by atoms with Gasteiger partial charge in [-0.2, -0.15) is 0 Å². The van der Waals surface area contributed by atoms with E-state index >= 15 is 0 Å². The number of sulfone groups is 1. The minimum Gasteiger partial charge on any atom is -0.382 e. The first-order chi connectivity index (χ1) is 11.2. The molecule has 0 unspecified atom stereocenters. The average molecular weight is 361 g/mol. The van der Waals surface area contributed by atoms with Gasteiger partial charge in [-0.3, -0.25) is 10.3 Å². The average Bonchev–Trinajstić information content (AvgIpc) is 3.28. The van der Waals surface area contributed by atoms with Crippen LogP contribution in [0.1, 0.15) is 18.4 Å². The third-order valence-corrected chi connectivity index (χ3v) is 6.54. The van der Waals surface area contributed by atoms with Gasteiger partial charge in [0.15, 0.2) is 9.84 Å². The van der Waals surface area contributed by atoms with E-state index in [2.05, 4.69) is 15.6 Å². The first kappa shape index (κ1) is 18.8. The lowest BCUT2D eigenvalue weighted by Gasteiger charge is -2.36. The highest BCUT2D eigenvalue weighted by Crippen LogP contribution is 2.55. The van der Waals surface area contributed by atoms with Crippen LogP contribution in [0.2, 0.25) is 0 Å². The van der Waals surface area contributed by atoms with Gasteiger partial charge in [0.2, 0.25) is 0 Å². The lowest BCUT2D eigenvalue weighted by Crippen LogP contribution is -2.54. The van der Waals surface area contributed by atoms with Gasteiger partial charge >= 0.3 is 0 Å². The van der Waals surface area contributed by atoms with Crippen molar-refractivity contribution < 1.29 is 22.3 Å². The fourth-order valence-corrected chi connectivity index (χ4v) is 4.62. The topological polar surface area (TPSA) is 90.8 Å². The van der Waals surface area contributed by atoms with E-state index in [4.69, 9.17) is 0 Å². The predicted octanol–water partition coefficient (Wildman–Crippen LogP) is 0.524. The van der Waals surface area contributed by atoms with Crippen LogP contribution in [0.4, 0.5) is 8.78 Å². The zero-order chi connectivity index (χ0) is 18.0. The van der Waals surface area contributed by atoms with E-state index in [1.807, 2.05) is 0 Å². The summed E-state index contributed by atoms with van der Waals surface area (Å²) in [6.07, 6.45) is 2.87. The van der Waals surface area contributed by atoms with E-state index in [1.54, 1.807) is 7.05 Å². The SMILES string of the molecule is CN=CNCNC[C@](O)(c1ccc(F)cc1F)C1(S(C)(=O)=O)CC1. The first-order valence-corrected chi connectivity index (χ1v) is 9.29. The fourth-order valence-electron chi connectivity index (χ4n) is 2.98.